The second kappa shape index (κ2) is 5.61. The standard InChI is InChI=1S/C14H16FN5O/c1-19(8-10-4-2-3-5-11(10)15)9-12-17-18-13-14(21)16-6-7-20(12)13/h2-5H,6-9H2,1H3,(H,16,21). The molecule has 1 aliphatic heterocycles. The number of nitrogens with one attached hydrogen (secondary N) is 1. The summed E-state index contributed by atoms with van der Waals surface area (Å²) in [5, 5.41) is 10.7. The van der Waals surface area contributed by atoms with E-state index in [-0.39, 0.29) is 11.7 Å². The van der Waals surface area contributed by atoms with Gasteiger partial charge in [-0.05, 0) is 13.1 Å². The van der Waals surface area contributed by atoms with Gasteiger partial charge in [-0.15, -0.1) is 10.2 Å². The van der Waals surface area contributed by atoms with Crippen molar-refractivity contribution in [2.24, 2.45) is 0 Å². The number of nitrogens with zero attached hydrogens (tertiary/aromatic N) is 4. The van der Waals surface area contributed by atoms with Crippen molar-refractivity contribution >= 4 is 5.91 Å². The number of halogens is 1. The van der Waals surface area contributed by atoms with Crippen molar-refractivity contribution in [3.05, 3.63) is 47.3 Å². The molecule has 0 aliphatic carbocycles. The van der Waals surface area contributed by atoms with E-state index in [1.54, 1.807) is 12.1 Å². The smallest absolute Gasteiger partial charge is 0.289 e. The van der Waals surface area contributed by atoms with Crippen molar-refractivity contribution in [2.45, 2.75) is 19.6 Å². The van der Waals surface area contributed by atoms with Crippen LogP contribution in [-0.2, 0) is 19.6 Å². The number of carbonyl (C=O) groups is 1. The molecule has 7 heteroatoms. The Morgan fingerprint density at radius 3 is 2.95 bits per heavy atom. The number of amides is 1. The third-order valence-corrected chi connectivity index (χ3v) is 3.46. The Labute approximate surface area is 121 Å². The van der Waals surface area contributed by atoms with E-state index in [0.29, 0.717) is 37.6 Å². The highest BCUT2D eigenvalue weighted by molar-refractivity contribution is 5.91. The van der Waals surface area contributed by atoms with E-state index in [4.69, 9.17) is 0 Å². The fourth-order valence-corrected chi connectivity index (χ4v) is 2.43. The highest BCUT2D eigenvalue weighted by Crippen LogP contribution is 2.12. The van der Waals surface area contributed by atoms with Crippen LogP contribution in [0.1, 0.15) is 22.0 Å². The summed E-state index contributed by atoms with van der Waals surface area (Å²) in [4.78, 5) is 13.6. The predicted molar refractivity (Wildman–Crippen MR) is 73.9 cm³/mol. The Hall–Kier alpha value is -2.28. The first kappa shape index (κ1) is 13.7. The molecule has 1 N–H and O–H groups in total. The average Bonchev–Trinajstić information content (AvgIpc) is 2.86. The van der Waals surface area contributed by atoms with Gasteiger partial charge < -0.3 is 9.88 Å². The molecule has 0 spiro atoms. The third-order valence-electron chi connectivity index (χ3n) is 3.46. The lowest BCUT2D eigenvalue weighted by molar-refractivity contribution is 0.0920. The molecule has 0 bridgehead atoms. The number of aromatic nitrogens is 3. The zero-order valence-corrected chi connectivity index (χ0v) is 11.7. The minimum atomic E-state index is -0.216. The van der Waals surface area contributed by atoms with Gasteiger partial charge in [0.25, 0.3) is 5.91 Å². The molecule has 0 radical (unpaired) electrons. The van der Waals surface area contributed by atoms with Gasteiger partial charge in [-0.25, -0.2) is 4.39 Å². The Bertz CT molecular complexity index is 669. The van der Waals surface area contributed by atoms with Crippen molar-refractivity contribution in [1.82, 2.24) is 25.0 Å². The van der Waals surface area contributed by atoms with E-state index in [0.717, 1.165) is 5.82 Å². The largest absolute Gasteiger partial charge is 0.348 e. The summed E-state index contributed by atoms with van der Waals surface area (Å²) >= 11 is 0. The van der Waals surface area contributed by atoms with Crippen molar-refractivity contribution in [1.29, 1.82) is 0 Å². The maximum absolute atomic E-state index is 13.6. The quantitative estimate of drug-likeness (QED) is 0.904. The van der Waals surface area contributed by atoms with E-state index >= 15 is 0 Å². The van der Waals surface area contributed by atoms with E-state index in [9.17, 15) is 9.18 Å². The molecule has 2 aromatic rings. The van der Waals surface area contributed by atoms with E-state index < -0.39 is 0 Å². The molecule has 1 aromatic carbocycles. The Morgan fingerprint density at radius 1 is 1.33 bits per heavy atom. The summed E-state index contributed by atoms with van der Waals surface area (Å²) in [6.07, 6.45) is 0. The first-order valence-corrected chi connectivity index (χ1v) is 6.77. The van der Waals surface area contributed by atoms with Crippen LogP contribution in [0.2, 0.25) is 0 Å². The van der Waals surface area contributed by atoms with E-state index in [2.05, 4.69) is 15.5 Å². The van der Waals surface area contributed by atoms with E-state index in [1.165, 1.54) is 6.07 Å². The molecule has 21 heavy (non-hydrogen) atoms. The Kier molecular flexibility index (Phi) is 3.66. The average molecular weight is 289 g/mol. The molecule has 1 aromatic heterocycles. The molecule has 1 amide bonds. The van der Waals surface area contributed by atoms with Crippen molar-refractivity contribution in [3.63, 3.8) is 0 Å². The molecular weight excluding hydrogens is 273 g/mol. The van der Waals surface area contributed by atoms with Gasteiger partial charge in [0.2, 0.25) is 5.82 Å². The van der Waals surface area contributed by atoms with Crippen molar-refractivity contribution in [3.8, 4) is 0 Å². The highest BCUT2D eigenvalue weighted by Gasteiger charge is 2.22. The van der Waals surface area contributed by atoms with Crippen LogP contribution in [0.4, 0.5) is 4.39 Å². The number of hydrogen-bond donors (Lipinski definition) is 1. The fraction of sp³-hybridized carbons (Fsp3) is 0.357. The fourth-order valence-electron chi connectivity index (χ4n) is 2.43. The van der Waals surface area contributed by atoms with Crippen LogP contribution in [0.15, 0.2) is 24.3 Å². The van der Waals surface area contributed by atoms with Crippen LogP contribution >= 0.6 is 0 Å². The number of fused-ring (bicyclic) bond motifs is 1. The lowest BCUT2D eigenvalue weighted by atomic mass is 10.2. The van der Waals surface area contributed by atoms with Crippen LogP contribution in [0.5, 0.6) is 0 Å². The number of rotatable bonds is 4. The maximum Gasteiger partial charge on any atom is 0.289 e. The summed E-state index contributed by atoms with van der Waals surface area (Å²) in [7, 11) is 1.89. The number of hydrogen-bond acceptors (Lipinski definition) is 4. The van der Waals surface area contributed by atoms with Crippen molar-refractivity contribution in [2.75, 3.05) is 13.6 Å². The molecule has 0 saturated heterocycles. The van der Waals surface area contributed by atoms with Gasteiger partial charge in [-0.3, -0.25) is 9.69 Å². The van der Waals surface area contributed by atoms with E-state index in [1.807, 2.05) is 22.6 Å². The number of carbonyl (C=O) groups excluding carboxylic acids is 1. The molecule has 0 fully saturated rings. The minimum Gasteiger partial charge on any atom is -0.348 e. The lowest BCUT2D eigenvalue weighted by Crippen LogP contribution is -2.36. The monoisotopic (exact) mass is 289 g/mol. The highest BCUT2D eigenvalue weighted by atomic mass is 19.1. The molecule has 0 saturated carbocycles. The molecular formula is C14H16FN5O. The van der Waals surface area contributed by atoms with Gasteiger partial charge >= 0.3 is 0 Å². The SMILES string of the molecule is CN(Cc1ccccc1F)Cc1nnc2n1CCNC2=O. The van der Waals surface area contributed by atoms with Crippen LogP contribution in [0.3, 0.4) is 0 Å². The molecule has 0 unspecified atom stereocenters. The first-order chi connectivity index (χ1) is 10.1. The van der Waals surface area contributed by atoms with Gasteiger partial charge in [-0.1, -0.05) is 18.2 Å². The van der Waals surface area contributed by atoms with Gasteiger partial charge in [0.05, 0.1) is 6.54 Å². The van der Waals surface area contributed by atoms with Crippen LogP contribution < -0.4 is 5.32 Å². The maximum atomic E-state index is 13.6. The number of benzene rings is 1. The normalized spacial score (nSPS) is 14.1. The topological polar surface area (TPSA) is 63.1 Å². The van der Waals surface area contributed by atoms with Crippen molar-refractivity contribution < 1.29 is 9.18 Å². The summed E-state index contributed by atoms with van der Waals surface area (Å²) in [5.74, 6) is 0.651. The summed E-state index contributed by atoms with van der Waals surface area (Å²) in [6, 6.07) is 6.70. The molecule has 0 atom stereocenters. The predicted octanol–water partition coefficient (Wildman–Crippen LogP) is 0.793. The minimum absolute atomic E-state index is 0.197. The zero-order chi connectivity index (χ0) is 14.8. The summed E-state index contributed by atoms with van der Waals surface area (Å²) in [5.41, 5.74) is 0.635. The first-order valence-electron chi connectivity index (χ1n) is 6.77. The Balaban J connectivity index is 1.72. The zero-order valence-electron chi connectivity index (χ0n) is 11.7. The molecule has 110 valence electrons. The second-order valence-electron chi connectivity index (χ2n) is 5.11. The molecule has 1 aliphatic rings. The van der Waals surface area contributed by atoms with Crippen LogP contribution in [0, 0.1) is 5.82 Å². The van der Waals surface area contributed by atoms with Gasteiger partial charge in [0, 0.05) is 25.2 Å². The third kappa shape index (κ3) is 2.78. The lowest BCUT2D eigenvalue weighted by Gasteiger charge is -2.19. The van der Waals surface area contributed by atoms with Gasteiger partial charge in [0.15, 0.2) is 0 Å². The van der Waals surface area contributed by atoms with Gasteiger partial charge in [0.1, 0.15) is 11.6 Å². The second-order valence-corrected chi connectivity index (χ2v) is 5.11. The molecule has 2 heterocycles. The van der Waals surface area contributed by atoms with Crippen LogP contribution in [0.25, 0.3) is 0 Å². The molecule has 3 rings (SSSR count). The summed E-state index contributed by atoms with van der Waals surface area (Å²) in [6.45, 7) is 2.22. The van der Waals surface area contributed by atoms with Gasteiger partial charge in [-0.2, -0.15) is 0 Å². The molecule has 6 nitrogen and oxygen atoms in total. The van der Waals surface area contributed by atoms with Crippen LogP contribution in [-0.4, -0.2) is 39.2 Å². The summed E-state index contributed by atoms with van der Waals surface area (Å²) < 4.78 is 15.5. The Morgan fingerprint density at radius 2 is 2.14 bits per heavy atom.